The van der Waals surface area contributed by atoms with E-state index in [1.807, 2.05) is 27.7 Å². The van der Waals surface area contributed by atoms with E-state index in [-0.39, 0.29) is 12.6 Å². The van der Waals surface area contributed by atoms with Crippen LogP contribution in [0.25, 0.3) is 0 Å². The molecule has 0 bridgehead atoms. The van der Waals surface area contributed by atoms with Gasteiger partial charge in [-0.25, -0.2) is 0 Å². The maximum atomic E-state index is 13.1. The Morgan fingerprint density at radius 3 is 2.35 bits per heavy atom. The molecule has 20 heavy (non-hydrogen) atoms. The highest BCUT2D eigenvalue weighted by Gasteiger charge is 2.33. The summed E-state index contributed by atoms with van der Waals surface area (Å²) in [4.78, 5) is 0.681. The van der Waals surface area contributed by atoms with E-state index in [9.17, 15) is 13.2 Å². The van der Waals surface area contributed by atoms with Gasteiger partial charge in [0.25, 0.3) is 0 Å². The molecule has 1 aromatic rings. The van der Waals surface area contributed by atoms with Gasteiger partial charge in [0.05, 0.1) is 5.56 Å². The van der Waals surface area contributed by atoms with Gasteiger partial charge in [-0.05, 0) is 24.1 Å². The maximum Gasteiger partial charge on any atom is 0.416 e. The lowest BCUT2D eigenvalue weighted by Crippen LogP contribution is -2.23. The third-order valence-corrected chi connectivity index (χ3v) is 4.26. The molecule has 0 fully saturated rings. The standard InChI is InChI=1S/C15H22F3NS/c1-5-11(4)20-13-7-6-12(9-19-10(2)3)14(8-13)15(16,17)18/h6-8,10-11,19H,5,9H2,1-4H3. The second-order valence-corrected chi connectivity index (χ2v) is 6.70. The van der Waals surface area contributed by atoms with Crippen molar-refractivity contribution in [3.63, 3.8) is 0 Å². The lowest BCUT2D eigenvalue weighted by Gasteiger charge is -2.17. The Bertz CT molecular complexity index is 430. The zero-order chi connectivity index (χ0) is 15.3. The maximum absolute atomic E-state index is 13.1. The summed E-state index contributed by atoms with van der Waals surface area (Å²) in [6.07, 6.45) is -3.37. The highest BCUT2D eigenvalue weighted by Crippen LogP contribution is 2.36. The van der Waals surface area contributed by atoms with Crippen LogP contribution in [-0.4, -0.2) is 11.3 Å². The normalized spacial score (nSPS) is 13.8. The van der Waals surface area contributed by atoms with E-state index in [0.717, 1.165) is 6.42 Å². The van der Waals surface area contributed by atoms with Gasteiger partial charge >= 0.3 is 6.18 Å². The Balaban J connectivity index is 3.01. The molecule has 0 aliphatic heterocycles. The first-order chi connectivity index (χ1) is 9.24. The smallest absolute Gasteiger partial charge is 0.310 e. The van der Waals surface area contributed by atoms with Gasteiger partial charge in [0.1, 0.15) is 0 Å². The van der Waals surface area contributed by atoms with Gasteiger partial charge in [0.15, 0.2) is 0 Å². The van der Waals surface area contributed by atoms with Crippen LogP contribution in [-0.2, 0) is 12.7 Å². The monoisotopic (exact) mass is 305 g/mol. The van der Waals surface area contributed by atoms with Crippen molar-refractivity contribution < 1.29 is 13.2 Å². The van der Waals surface area contributed by atoms with Crippen molar-refractivity contribution in [2.45, 2.75) is 63.0 Å². The second kappa shape index (κ2) is 7.36. The molecule has 1 rings (SSSR count). The Labute approximate surface area is 123 Å². The van der Waals surface area contributed by atoms with E-state index in [0.29, 0.717) is 15.7 Å². The van der Waals surface area contributed by atoms with Crippen LogP contribution in [0, 0.1) is 0 Å². The van der Waals surface area contributed by atoms with Crippen LogP contribution < -0.4 is 5.32 Å². The average molecular weight is 305 g/mol. The minimum atomic E-state index is -4.31. The fourth-order valence-electron chi connectivity index (χ4n) is 1.68. The van der Waals surface area contributed by atoms with E-state index >= 15 is 0 Å². The van der Waals surface area contributed by atoms with Crippen LogP contribution in [0.5, 0.6) is 0 Å². The number of benzene rings is 1. The summed E-state index contributed by atoms with van der Waals surface area (Å²) in [5.41, 5.74) is -0.223. The molecule has 114 valence electrons. The molecule has 1 atom stereocenters. The average Bonchev–Trinajstić information content (AvgIpc) is 2.35. The predicted molar refractivity (Wildman–Crippen MR) is 79.0 cm³/mol. The number of hydrogen-bond acceptors (Lipinski definition) is 2. The van der Waals surface area contributed by atoms with E-state index in [2.05, 4.69) is 5.32 Å². The molecule has 0 saturated heterocycles. The summed E-state index contributed by atoms with van der Waals surface area (Å²) in [7, 11) is 0. The Morgan fingerprint density at radius 2 is 1.85 bits per heavy atom. The third kappa shape index (κ3) is 5.37. The van der Waals surface area contributed by atoms with Crippen molar-refractivity contribution >= 4 is 11.8 Å². The lowest BCUT2D eigenvalue weighted by molar-refractivity contribution is -0.138. The first-order valence-corrected chi connectivity index (χ1v) is 7.72. The topological polar surface area (TPSA) is 12.0 Å². The minimum absolute atomic E-state index is 0.158. The van der Waals surface area contributed by atoms with E-state index in [1.165, 1.54) is 17.8 Å². The Morgan fingerprint density at radius 1 is 1.20 bits per heavy atom. The molecule has 0 amide bonds. The highest BCUT2D eigenvalue weighted by molar-refractivity contribution is 7.99. The van der Waals surface area contributed by atoms with Gasteiger partial charge in [0.2, 0.25) is 0 Å². The van der Waals surface area contributed by atoms with Crippen LogP contribution in [0.2, 0.25) is 0 Å². The molecule has 1 unspecified atom stereocenters. The Hall–Kier alpha value is -0.680. The van der Waals surface area contributed by atoms with Crippen molar-refractivity contribution in [1.82, 2.24) is 5.32 Å². The largest absolute Gasteiger partial charge is 0.416 e. The van der Waals surface area contributed by atoms with Gasteiger partial charge in [0, 0.05) is 22.7 Å². The molecule has 1 aromatic carbocycles. The molecule has 1 nitrogen and oxygen atoms in total. The van der Waals surface area contributed by atoms with Crippen molar-refractivity contribution in [3.05, 3.63) is 29.3 Å². The molecule has 0 heterocycles. The van der Waals surface area contributed by atoms with E-state index in [1.54, 1.807) is 12.1 Å². The van der Waals surface area contributed by atoms with E-state index in [4.69, 9.17) is 0 Å². The first-order valence-electron chi connectivity index (χ1n) is 6.84. The number of nitrogens with one attached hydrogen (secondary N) is 1. The summed E-state index contributed by atoms with van der Waals surface area (Å²) < 4.78 is 39.4. The Kier molecular flexibility index (Phi) is 6.40. The van der Waals surface area contributed by atoms with Gasteiger partial charge in [-0.3, -0.25) is 0 Å². The molecular weight excluding hydrogens is 283 g/mol. The van der Waals surface area contributed by atoms with Gasteiger partial charge in [-0.15, -0.1) is 11.8 Å². The molecule has 5 heteroatoms. The molecule has 0 saturated carbocycles. The number of alkyl halides is 3. The molecule has 0 aliphatic carbocycles. The number of thioether (sulfide) groups is 1. The van der Waals surface area contributed by atoms with Gasteiger partial charge in [-0.1, -0.05) is 33.8 Å². The van der Waals surface area contributed by atoms with Gasteiger partial charge in [-0.2, -0.15) is 13.2 Å². The number of hydrogen-bond donors (Lipinski definition) is 1. The lowest BCUT2D eigenvalue weighted by atomic mass is 10.1. The predicted octanol–water partition coefficient (Wildman–Crippen LogP) is 5.09. The molecular formula is C15H22F3NS. The molecule has 0 radical (unpaired) electrons. The van der Waals surface area contributed by atoms with Crippen molar-refractivity contribution in [2.75, 3.05) is 0 Å². The summed E-state index contributed by atoms with van der Waals surface area (Å²) in [5, 5.41) is 3.35. The van der Waals surface area contributed by atoms with Gasteiger partial charge < -0.3 is 5.32 Å². The first kappa shape index (κ1) is 17.4. The highest BCUT2D eigenvalue weighted by atomic mass is 32.2. The third-order valence-electron chi connectivity index (χ3n) is 3.00. The number of rotatable bonds is 6. The molecule has 1 N–H and O–H groups in total. The fraction of sp³-hybridized carbons (Fsp3) is 0.600. The summed E-state index contributed by atoms with van der Waals surface area (Å²) in [5.74, 6) is 0. The zero-order valence-electron chi connectivity index (χ0n) is 12.3. The molecule has 0 spiro atoms. The SMILES string of the molecule is CCC(C)Sc1ccc(CNC(C)C)c(C(F)(F)F)c1. The fourth-order valence-corrected chi connectivity index (χ4v) is 2.64. The minimum Gasteiger partial charge on any atom is -0.310 e. The molecule has 0 aromatic heterocycles. The van der Waals surface area contributed by atoms with Crippen LogP contribution >= 0.6 is 11.8 Å². The second-order valence-electron chi connectivity index (χ2n) is 5.19. The van der Waals surface area contributed by atoms with Crippen molar-refractivity contribution in [1.29, 1.82) is 0 Å². The quantitative estimate of drug-likeness (QED) is 0.734. The van der Waals surface area contributed by atoms with Crippen LogP contribution in [0.4, 0.5) is 13.2 Å². The van der Waals surface area contributed by atoms with Crippen LogP contribution in [0.3, 0.4) is 0 Å². The van der Waals surface area contributed by atoms with Crippen LogP contribution in [0.1, 0.15) is 45.2 Å². The van der Waals surface area contributed by atoms with Crippen molar-refractivity contribution in [2.24, 2.45) is 0 Å². The summed E-state index contributed by atoms with van der Waals surface area (Å²) in [6.45, 7) is 8.12. The van der Waals surface area contributed by atoms with E-state index < -0.39 is 11.7 Å². The summed E-state index contributed by atoms with van der Waals surface area (Å²) >= 11 is 1.49. The summed E-state index contributed by atoms with van der Waals surface area (Å²) in [6, 6.07) is 4.80. The van der Waals surface area contributed by atoms with Crippen molar-refractivity contribution in [3.8, 4) is 0 Å². The molecule has 0 aliphatic rings. The zero-order valence-corrected chi connectivity index (χ0v) is 13.2. The number of halogens is 3. The van der Waals surface area contributed by atoms with Crippen LogP contribution in [0.15, 0.2) is 23.1 Å².